The molecule has 0 aromatic heterocycles. The van der Waals surface area contributed by atoms with Crippen LogP contribution in [0.15, 0.2) is 0 Å². The summed E-state index contributed by atoms with van der Waals surface area (Å²) in [5.41, 5.74) is 0. The zero-order chi connectivity index (χ0) is 9.40. The molecule has 3 heteroatoms. The monoisotopic (exact) mass is 187 g/mol. The van der Waals surface area contributed by atoms with Crippen LogP contribution in [-0.2, 0) is 4.46 Å². The van der Waals surface area contributed by atoms with Gasteiger partial charge >= 0.3 is 8.84 Å². The van der Waals surface area contributed by atoms with Gasteiger partial charge in [0, 0.05) is 19.1 Å². The molecule has 0 amide bonds. The second-order valence-corrected chi connectivity index (χ2v) is 5.05. The van der Waals surface area contributed by atoms with Gasteiger partial charge < -0.3 is 9.03 Å². The van der Waals surface area contributed by atoms with Crippen molar-refractivity contribution >= 4 is 8.84 Å². The second kappa shape index (κ2) is 7.47. The van der Waals surface area contributed by atoms with Crippen LogP contribution in [0.4, 0.5) is 0 Å². The number of hydrogen-bond donors (Lipinski definition) is 0. The molecule has 2 nitrogen and oxygen atoms in total. The van der Waals surface area contributed by atoms with Crippen molar-refractivity contribution < 1.29 is 4.46 Å². The Bertz CT molecular complexity index is 122. The molecule has 0 unspecified atom stereocenters. The molecule has 0 heterocycles. The first kappa shape index (κ1) is 11.8. The molecular weight excluding hydrogens is 166 g/mol. The maximum Gasteiger partial charge on any atom is 0.394 e. The van der Waals surface area contributed by atoms with Gasteiger partial charge in [0.1, 0.15) is 0 Å². The van der Waals surface area contributed by atoms with Gasteiger partial charge in [0.15, 0.2) is 0 Å². The molecule has 0 radical (unpaired) electrons. The Kier molecular flexibility index (Phi) is 7.35. The van der Waals surface area contributed by atoms with E-state index >= 15 is 0 Å². The highest BCUT2D eigenvalue weighted by molar-refractivity contribution is 6.39. The van der Waals surface area contributed by atoms with Gasteiger partial charge in [-0.2, -0.15) is 0 Å². The molecule has 12 heavy (non-hydrogen) atoms. The third kappa shape index (κ3) is 4.65. The van der Waals surface area contributed by atoms with Crippen molar-refractivity contribution in [2.75, 3.05) is 13.1 Å². The first-order valence-electron chi connectivity index (χ1n) is 5.04. The van der Waals surface area contributed by atoms with E-state index in [-0.39, 0.29) is 0 Å². The normalized spacial score (nSPS) is 9.92. The third-order valence-electron chi connectivity index (χ3n) is 1.80. The van der Waals surface area contributed by atoms with Gasteiger partial charge in [0.2, 0.25) is 0 Å². The van der Waals surface area contributed by atoms with Crippen LogP contribution in [0, 0.1) is 0 Å². The summed E-state index contributed by atoms with van der Waals surface area (Å²) in [5.74, 6) is 0. The molecule has 0 atom stereocenters. The fourth-order valence-electron chi connectivity index (χ4n) is 1.27. The maximum atomic E-state index is 11.6. The van der Waals surface area contributed by atoms with E-state index in [4.69, 9.17) is 0 Å². The van der Waals surface area contributed by atoms with Gasteiger partial charge in [-0.25, -0.2) is 0 Å². The minimum atomic E-state index is -1.42. The van der Waals surface area contributed by atoms with E-state index in [1.54, 1.807) is 0 Å². The van der Waals surface area contributed by atoms with Crippen LogP contribution in [0.1, 0.15) is 40.0 Å². The van der Waals surface area contributed by atoms with E-state index in [1.165, 1.54) is 0 Å². The highest BCUT2D eigenvalue weighted by Gasteiger charge is 2.12. The van der Waals surface area contributed by atoms with E-state index in [1.807, 2.05) is 0 Å². The van der Waals surface area contributed by atoms with Crippen LogP contribution in [0.3, 0.4) is 0 Å². The smallest absolute Gasteiger partial charge is 0.377 e. The van der Waals surface area contributed by atoms with Crippen molar-refractivity contribution in [1.29, 1.82) is 0 Å². The largest absolute Gasteiger partial charge is 0.394 e. The molecule has 0 aliphatic carbocycles. The van der Waals surface area contributed by atoms with Gasteiger partial charge in [-0.3, -0.25) is 0 Å². The standard InChI is InChI=1S/C9H21NOSi/c1-4-7-10(8-5-2)12(11)9-6-3/h4-9H2,1-3H3. The lowest BCUT2D eigenvalue weighted by Crippen LogP contribution is -2.33. The first-order chi connectivity index (χ1) is 5.76. The lowest BCUT2D eigenvalue weighted by Gasteiger charge is -2.20. The van der Waals surface area contributed by atoms with Gasteiger partial charge in [-0.05, 0) is 12.8 Å². The molecule has 0 spiro atoms. The lowest BCUT2D eigenvalue weighted by molar-refractivity contribution is 0.385. The van der Waals surface area contributed by atoms with Crippen LogP contribution >= 0.6 is 0 Å². The summed E-state index contributed by atoms with van der Waals surface area (Å²) < 4.78 is 13.8. The molecule has 0 aliphatic rings. The molecule has 0 aliphatic heterocycles. The molecule has 0 aromatic carbocycles. The van der Waals surface area contributed by atoms with Gasteiger partial charge in [0.05, 0.1) is 0 Å². The molecule has 0 saturated carbocycles. The van der Waals surface area contributed by atoms with E-state index in [0.29, 0.717) is 0 Å². The average Bonchev–Trinajstić information content (AvgIpc) is 2.04. The zero-order valence-corrected chi connectivity index (χ0v) is 9.60. The first-order valence-corrected chi connectivity index (χ1v) is 6.60. The molecule has 0 rings (SSSR count). The Hall–Kier alpha value is -0.183. The Morgan fingerprint density at radius 2 is 1.50 bits per heavy atom. The van der Waals surface area contributed by atoms with Crippen LogP contribution in [0.2, 0.25) is 6.04 Å². The number of rotatable bonds is 7. The molecule has 0 bridgehead atoms. The average molecular weight is 187 g/mol. The molecule has 0 fully saturated rings. The predicted molar refractivity (Wildman–Crippen MR) is 53.7 cm³/mol. The summed E-state index contributed by atoms with van der Waals surface area (Å²) >= 11 is 0. The molecule has 0 saturated heterocycles. The van der Waals surface area contributed by atoms with Gasteiger partial charge in [0.25, 0.3) is 0 Å². The Morgan fingerprint density at radius 1 is 1.00 bits per heavy atom. The summed E-state index contributed by atoms with van der Waals surface area (Å²) in [6.07, 6.45) is 3.27. The van der Waals surface area contributed by atoms with E-state index in [0.717, 1.165) is 38.4 Å². The van der Waals surface area contributed by atoms with Crippen LogP contribution in [0.5, 0.6) is 0 Å². The van der Waals surface area contributed by atoms with Gasteiger partial charge in [-0.15, -0.1) is 0 Å². The highest BCUT2D eigenvalue weighted by atomic mass is 28.3. The number of nitrogens with zero attached hydrogens (tertiary/aromatic N) is 1. The van der Waals surface area contributed by atoms with Crippen molar-refractivity contribution in [3.63, 3.8) is 0 Å². The van der Waals surface area contributed by atoms with Crippen LogP contribution < -0.4 is 0 Å². The summed E-state index contributed by atoms with van der Waals surface area (Å²) in [6.45, 7) is 8.39. The van der Waals surface area contributed by atoms with Crippen molar-refractivity contribution in [2.24, 2.45) is 0 Å². The minimum absolute atomic E-state index is 0.894. The molecular formula is C9H21NOSi. The topological polar surface area (TPSA) is 20.3 Å². The van der Waals surface area contributed by atoms with Gasteiger partial charge in [-0.1, -0.05) is 27.2 Å². The summed E-state index contributed by atoms with van der Waals surface area (Å²) in [4.78, 5) is 0. The summed E-state index contributed by atoms with van der Waals surface area (Å²) in [7, 11) is -1.42. The minimum Gasteiger partial charge on any atom is -0.377 e. The fraction of sp³-hybridized carbons (Fsp3) is 1.00. The summed E-state index contributed by atoms with van der Waals surface area (Å²) in [6, 6.07) is 0.894. The van der Waals surface area contributed by atoms with Crippen LogP contribution in [0.25, 0.3) is 0 Å². The van der Waals surface area contributed by atoms with Crippen molar-refractivity contribution in [3.05, 3.63) is 0 Å². The second-order valence-electron chi connectivity index (χ2n) is 3.13. The molecule has 0 aromatic rings. The fourth-order valence-corrected chi connectivity index (χ4v) is 2.96. The molecule has 0 N–H and O–H groups in total. The quantitative estimate of drug-likeness (QED) is 0.571. The van der Waals surface area contributed by atoms with E-state index in [9.17, 15) is 4.46 Å². The Morgan fingerprint density at radius 3 is 1.83 bits per heavy atom. The zero-order valence-electron chi connectivity index (χ0n) is 8.60. The van der Waals surface area contributed by atoms with Crippen molar-refractivity contribution in [3.8, 4) is 0 Å². The highest BCUT2D eigenvalue weighted by Crippen LogP contribution is 1.99. The predicted octanol–water partition coefficient (Wildman–Crippen LogP) is 2.44. The van der Waals surface area contributed by atoms with Crippen LogP contribution in [-0.4, -0.2) is 26.5 Å². The third-order valence-corrected chi connectivity index (χ3v) is 3.88. The lowest BCUT2D eigenvalue weighted by atomic mass is 10.4. The SMILES string of the molecule is CCCN(CCC)[Si](=O)CCC. The molecule has 72 valence electrons. The number of hydrogen-bond acceptors (Lipinski definition) is 1. The van der Waals surface area contributed by atoms with Crippen molar-refractivity contribution in [2.45, 2.75) is 46.1 Å². The van der Waals surface area contributed by atoms with Crippen molar-refractivity contribution in [1.82, 2.24) is 4.57 Å². The van der Waals surface area contributed by atoms with E-state index < -0.39 is 8.84 Å². The summed E-state index contributed by atoms with van der Waals surface area (Å²) in [5, 5.41) is 0. The Labute approximate surface area is 77.7 Å². The Balaban J connectivity index is 3.81. The maximum absolute atomic E-state index is 11.6. The van der Waals surface area contributed by atoms with E-state index in [2.05, 4.69) is 25.3 Å².